The van der Waals surface area contributed by atoms with Crippen molar-refractivity contribution in [3.63, 3.8) is 0 Å². The van der Waals surface area contributed by atoms with Gasteiger partial charge >= 0.3 is 18.1 Å². The molecule has 0 bridgehead atoms. The van der Waals surface area contributed by atoms with E-state index in [0.717, 1.165) is 0 Å². The van der Waals surface area contributed by atoms with Crippen LogP contribution < -0.4 is 0 Å². The first-order valence-electron chi connectivity index (χ1n) is 6.05. The van der Waals surface area contributed by atoms with E-state index in [4.69, 9.17) is 0 Å². The lowest BCUT2D eigenvalue weighted by Crippen LogP contribution is -2.40. The predicted octanol–water partition coefficient (Wildman–Crippen LogP) is 1.97. The lowest BCUT2D eigenvalue weighted by Gasteiger charge is -2.25. The maximum Gasteiger partial charge on any atom is 0.461 e. The fraction of sp³-hybridized carbons (Fsp3) is 0.800. The van der Waals surface area contributed by atoms with Crippen molar-refractivity contribution >= 4 is 5.97 Å². The summed E-state index contributed by atoms with van der Waals surface area (Å²) in [6, 6.07) is 0. The zero-order valence-electron chi connectivity index (χ0n) is 10.6. The molecule has 0 unspecified atom stereocenters. The normalized spacial score (nSPS) is 18.9. The molecule has 118 valence electrons. The Morgan fingerprint density at radius 1 is 1.24 bits per heavy atom. The first-order chi connectivity index (χ1) is 9.60. The Bertz CT molecular complexity index is 536. The van der Waals surface area contributed by atoms with Crippen LogP contribution in [0.3, 0.4) is 0 Å². The van der Waals surface area contributed by atoms with E-state index in [0.29, 0.717) is 12.8 Å². The summed E-state index contributed by atoms with van der Waals surface area (Å²) in [4.78, 5) is 11.3. The van der Waals surface area contributed by atoms with Crippen molar-refractivity contribution in [1.29, 1.82) is 0 Å². The van der Waals surface area contributed by atoms with Crippen LogP contribution in [0, 0.1) is 5.41 Å². The van der Waals surface area contributed by atoms with Gasteiger partial charge in [0.2, 0.25) is 5.82 Å². The molecule has 0 atom stereocenters. The highest BCUT2D eigenvalue weighted by Crippen LogP contribution is 2.44. The van der Waals surface area contributed by atoms with Gasteiger partial charge in [-0.25, -0.2) is 4.68 Å². The minimum Gasteiger partial charge on any atom is -0.481 e. The summed E-state index contributed by atoms with van der Waals surface area (Å²) < 4.78 is 64.0. The topological polar surface area (TPSA) is 80.9 Å². The van der Waals surface area contributed by atoms with Gasteiger partial charge in [-0.3, -0.25) is 4.79 Å². The Kier molecular flexibility index (Phi) is 3.62. The van der Waals surface area contributed by atoms with Crippen LogP contribution in [-0.4, -0.2) is 37.5 Å². The van der Waals surface area contributed by atoms with Crippen molar-refractivity contribution in [2.45, 2.75) is 44.3 Å². The van der Waals surface area contributed by atoms with E-state index in [2.05, 4.69) is 15.5 Å². The highest BCUT2D eigenvalue weighted by molar-refractivity contribution is 5.74. The second-order valence-electron chi connectivity index (χ2n) is 5.02. The summed E-state index contributed by atoms with van der Waals surface area (Å²) >= 11 is 0. The standard InChI is InChI=1S/C10H11F5N4O2/c11-9(12,10(13,14)15)6-16-17-18-19(6)5-8(7(20)21)3-1-2-4-8/h1-5H2,(H,20,21). The van der Waals surface area contributed by atoms with Crippen LogP contribution >= 0.6 is 0 Å². The summed E-state index contributed by atoms with van der Waals surface area (Å²) in [5.74, 6) is -8.19. The molecule has 1 aromatic heterocycles. The SMILES string of the molecule is O=C(O)C1(Cn2nnnc2C(F)(F)C(F)(F)F)CCCC1. The molecule has 6 nitrogen and oxygen atoms in total. The van der Waals surface area contributed by atoms with Crippen LogP contribution in [-0.2, 0) is 17.3 Å². The smallest absolute Gasteiger partial charge is 0.461 e. The quantitative estimate of drug-likeness (QED) is 0.859. The van der Waals surface area contributed by atoms with Crippen molar-refractivity contribution in [3.05, 3.63) is 5.82 Å². The minimum atomic E-state index is -5.86. The Morgan fingerprint density at radius 2 is 1.81 bits per heavy atom. The molecule has 2 rings (SSSR count). The van der Waals surface area contributed by atoms with Crippen molar-refractivity contribution < 1.29 is 31.9 Å². The molecule has 1 aliphatic rings. The molecule has 0 aromatic carbocycles. The number of tetrazole rings is 1. The van der Waals surface area contributed by atoms with Crippen LogP contribution in [0.15, 0.2) is 0 Å². The lowest BCUT2D eigenvalue weighted by atomic mass is 9.86. The maximum absolute atomic E-state index is 13.3. The summed E-state index contributed by atoms with van der Waals surface area (Å²) in [7, 11) is 0. The summed E-state index contributed by atoms with van der Waals surface area (Å²) in [5, 5.41) is 17.9. The monoisotopic (exact) mass is 314 g/mol. The maximum atomic E-state index is 13.3. The van der Waals surface area contributed by atoms with Crippen LogP contribution in [0.2, 0.25) is 0 Å². The summed E-state index contributed by atoms with van der Waals surface area (Å²) in [6.45, 7) is -0.615. The molecule has 1 fully saturated rings. The number of rotatable bonds is 4. The van der Waals surface area contributed by atoms with Gasteiger partial charge in [-0.15, -0.1) is 5.10 Å². The lowest BCUT2D eigenvalue weighted by molar-refractivity contribution is -0.294. The summed E-state index contributed by atoms with van der Waals surface area (Å²) in [5.41, 5.74) is -1.41. The van der Waals surface area contributed by atoms with Gasteiger partial charge in [0.25, 0.3) is 0 Å². The number of nitrogens with zero attached hydrogens (tertiary/aromatic N) is 4. The number of aliphatic carboxylic acids is 1. The molecule has 21 heavy (non-hydrogen) atoms. The molecule has 1 N–H and O–H groups in total. The van der Waals surface area contributed by atoms with Gasteiger partial charge in [-0.2, -0.15) is 22.0 Å². The Balaban J connectivity index is 2.35. The first kappa shape index (κ1) is 15.6. The number of alkyl halides is 5. The van der Waals surface area contributed by atoms with Crippen LogP contribution in [0.25, 0.3) is 0 Å². The molecular formula is C10H11F5N4O2. The molecule has 1 saturated carbocycles. The molecule has 0 saturated heterocycles. The van der Waals surface area contributed by atoms with E-state index in [1.807, 2.05) is 0 Å². The first-order valence-corrected chi connectivity index (χ1v) is 6.05. The van der Waals surface area contributed by atoms with Crippen LogP contribution in [0.5, 0.6) is 0 Å². The Labute approximate surface area is 114 Å². The molecule has 1 aromatic rings. The average Bonchev–Trinajstić information content (AvgIpc) is 2.97. The molecule has 0 radical (unpaired) electrons. The van der Waals surface area contributed by atoms with E-state index < -0.39 is 35.9 Å². The molecule has 0 amide bonds. The number of carboxylic acid groups (broad SMARTS) is 1. The fourth-order valence-electron chi connectivity index (χ4n) is 2.44. The van der Waals surface area contributed by atoms with Crippen molar-refractivity contribution in [3.8, 4) is 0 Å². The third-order valence-corrected chi connectivity index (χ3v) is 3.64. The molecular weight excluding hydrogens is 303 g/mol. The van der Waals surface area contributed by atoms with E-state index in [9.17, 15) is 31.9 Å². The largest absolute Gasteiger partial charge is 0.481 e. The minimum absolute atomic E-state index is 0.180. The van der Waals surface area contributed by atoms with Gasteiger partial charge in [-0.05, 0) is 23.3 Å². The number of carbonyl (C=O) groups is 1. The highest BCUT2D eigenvalue weighted by Gasteiger charge is 2.62. The highest BCUT2D eigenvalue weighted by atomic mass is 19.4. The zero-order chi connectivity index (χ0) is 15.9. The van der Waals surface area contributed by atoms with Gasteiger partial charge in [0.15, 0.2) is 0 Å². The van der Waals surface area contributed by atoms with Gasteiger partial charge in [0.05, 0.1) is 12.0 Å². The number of hydrogen-bond acceptors (Lipinski definition) is 4. The molecule has 1 aliphatic carbocycles. The Morgan fingerprint density at radius 3 is 2.29 bits per heavy atom. The number of halogens is 5. The fourth-order valence-corrected chi connectivity index (χ4v) is 2.44. The number of aromatic nitrogens is 4. The van der Waals surface area contributed by atoms with Crippen molar-refractivity contribution in [2.24, 2.45) is 5.41 Å². The molecule has 0 aliphatic heterocycles. The number of hydrogen-bond donors (Lipinski definition) is 1. The van der Waals surface area contributed by atoms with E-state index >= 15 is 0 Å². The van der Waals surface area contributed by atoms with Crippen LogP contribution in [0.4, 0.5) is 22.0 Å². The van der Waals surface area contributed by atoms with Crippen molar-refractivity contribution in [2.75, 3.05) is 0 Å². The number of carboxylic acids is 1. The third kappa shape index (κ3) is 2.56. The van der Waals surface area contributed by atoms with Gasteiger partial charge in [0.1, 0.15) is 0 Å². The van der Waals surface area contributed by atoms with Gasteiger partial charge < -0.3 is 5.11 Å². The van der Waals surface area contributed by atoms with Gasteiger partial charge in [0, 0.05) is 0 Å². The van der Waals surface area contributed by atoms with Gasteiger partial charge in [-0.1, -0.05) is 12.8 Å². The van der Waals surface area contributed by atoms with Crippen LogP contribution in [0.1, 0.15) is 31.5 Å². The second-order valence-corrected chi connectivity index (χ2v) is 5.02. The molecule has 0 spiro atoms. The third-order valence-electron chi connectivity index (χ3n) is 3.64. The molecule has 1 heterocycles. The average molecular weight is 314 g/mol. The zero-order valence-corrected chi connectivity index (χ0v) is 10.6. The van der Waals surface area contributed by atoms with E-state index in [1.54, 1.807) is 0 Å². The van der Waals surface area contributed by atoms with E-state index in [1.165, 1.54) is 0 Å². The second kappa shape index (κ2) is 4.88. The summed E-state index contributed by atoms with van der Waals surface area (Å²) in [6.07, 6.45) is -4.39. The predicted molar refractivity (Wildman–Crippen MR) is 56.3 cm³/mol. The Hall–Kier alpha value is -1.81. The van der Waals surface area contributed by atoms with Crippen molar-refractivity contribution in [1.82, 2.24) is 20.2 Å². The molecule has 11 heteroatoms. The van der Waals surface area contributed by atoms with E-state index in [-0.39, 0.29) is 17.5 Å².